The number of phenolic OH excluding ortho intramolecular Hbond substituents is 1. The number of nitrogens with zero attached hydrogens (tertiary/aromatic N) is 1. The average molecular weight is 333 g/mol. The number of hydrogen-bond acceptors (Lipinski definition) is 4. The van der Waals surface area contributed by atoms with Crippen molar-refractivity contribution in [1.29, 1.82) is 0 Å². The first-order valence-corrected chi connectivity index (χ1v) is 7.73. The van der Waals surface area contributed by atoms with E-state index in [2.05, 4.69) is 0 Å². The molecule has 1 aromatic rings. The van der Waals surface area contributed by atoms with E-state index in [0.29, 0.717) is 37.6 Å². The van der Waals surface area contributed by atoms with Gasteiger partial charge in [0.15, 0.2) is 6.10 Å². The molecule has 2 rings (SSSR count). The summed E-state index contributed by atoms with van der Waals surface area (Å²) in [6.45, 7) is 3.74. The van der Waals surface area contributed by atoms with Crippen molar-refractivity contribution in [1.82, 2.24) is 4.90 Å². The summed E-state index contributed by atoms with van der Waals surface area (Å²) in [7, 11) is 0. The molecule has 1 aromatic carbocycles. The number of aliphatic hydroxyl groups excluding tert-OH is 1. The zero-order chi connectivity index (χ0) is 17.0. The van der Waals surface area contributed by atoms with Crippen LogP contribution < -0.4 is 4.74 Å². The molecule has 0 spiro atoms. The van der Waals surface area contributed by atoms with E-state index >= 15 is 0 Å². The topological polar surface area (TPSA) is 52.9 Å². The predicted molar refractivity (Wildman–Crippen MR) is 79.3 cm³/mol. The Balaban J connectivity index is 1.93. The van der Waals surface area contributed by atoms with Gasteiger partial charge in [0, 0.05) is 12.1 Å². The van der Waals surface area contributed by atoms with Crippen LogP contribution in [0, 0.1) is 5.92 Å². The third kappa shape index (κ3) is 4.75. The van der Waals surface area contributed by atoms with E-state index in [1.807, 2.05) is 11.8 Å². The highest BCUT2D eigenvalue weighted by atomic mass is 19.4. The first-order chi connectivity index (χ1) is 10.8. The van der Waals surface area contributed by atoms with E-state index in [-0.39, 0.29) is 18.6 Å². The van der Waals surface area contributed by atoms with Crippen molar-refractivity contribution >= 4 is 0 Å². The highest BCUT2D eigenvalue weighted by molar-refractivity contribution is 5.39. The monoisotopic (exact) mass is 333 g/mol. The summed E-state index contributed by atoms with van der Waals surface area (Å²) in [6.07, 6.45) is -6.24. The smallest absolute Gasteiger partial charge is 0.414 e. The Kier molecular flexibility index (Phi) is 5.75. The molecule has 0 amide bonds. The van der Waals surface area contributed by atoms with Gasteiger partial charge in [-0.3, -0.25) is 4.90 Å². The number of halogens is 3. The summed E-state index contributed by atoms with van der Waals surface area (Å²) in [5, 5.41) is 19.2. The zero-order valence-electron chi connectivity index (χ0n) is 13.0. The molecule has 0 aliphatic carbocycles. The van der Waals surface area contributed by atoms with E-state index < -0.39 is 18.2 Å². The molecule has 1 saturated heterocycles. The molecule has 4 nitrogen and oxygen atoms in total. The van der Waals surface area contributed by atoms with Crippen molar-refractivity contribution in [2.24, 2.45) is 5.92 Å². The third-order valence-electron chi connectivity index (χ3n) is 4.17. The molecule has 7 heteroatoms. The Labute approximate surface area is 133 Å². The van der Waals surface area contributed by atoms with Gasteiger partial charge in [-0.2, -0.15) is 13.2 Å². The van der Waals surface area contributed by atoms with Crippen molar-refractivity contribution in [3.8, 4) is 11.5 Å². The largest absolute Gasteiger partial charge is 0.508 e. The number of piperidine rings is 1. The summed E-state index contributed by atoms with van der Waals surface area (Å²) < 4.78 is 43.0. The van der Waals surface area contributed by atoms with Gasteiger partial charge in [0.1, 0.15) is 11.5 Å². The van der Waals surface area contributed by atoms with Gasteiger partial charge in [0.2, 0.25) is 0 Å². The molecule has 23 heavy (non-hydrogen) atoms. The normalized spacial score (nSPS) is 18.8. The summed E-state index contributed by atoms with van der Waals surface area (Å²) in [4.78, 5) is 1.98. The second kappa shape index (κ2) is 7.40. The molecule has 1 atom stereocenters. The quantitative estimate of drug-likeness (QED) is 0.870. The lowest BCUT2D eigenvalue weighted by Crippen LogP contribution is -2.43. The number of aliphatic hydroxyl groups is 1. The van der Waals surface area contributed by atoms with Crippen molar-refractivity contribution in [3.05, 3.63) is 23.8 Å². The number of ether oxygens (including phenoxy) is 1. The molecule has 0 saturated carbocycles. The van der Waals surface area contributed by atoms with E-state index in [4.69, 9.17) is 4.74 Å². The van der Waals surface area contributed by atoms with Crippen molar-refractivity contribution in [2.45, 2.75) is 38.6 Å². The minimum absolute atomic E-state index is 0.144. The molecule has 1 fully saturated rings. The molecule has 1 heterocycles. The van der Waals surface area contributed by atoms with Crippen LogP contribution in [0.4, 0.5) is 13.2 Å². The second-order valence-corrected chi connectivity index (χ2v) is 5.82. The molecule has 2 N–H and O–H groups in total. The van der Waals surface area contributed by atoms with Crippen molar-refractivity contribution in [3.63, 3.8) is 0 Å². The number of likely N-dealkylation sites (tertiary alicyclic amines) is 1. The highest BCUT2D eigenvalue weighted by Gasteiger charge is 2.44. The van der Waals surface area contributed by atoms with Crippen LogP contribution in [0.2, 0.25) is 0 Å². The summed E-state index contributed by atoms with van der Waals surface area (Å²) >= 11 is 0. The fourth-order valence-electron chi connectivity index (χ4n) is 2.88. The first-order valence-electron chi connectivity index (χ1n) is 7.73. The first kappa shape index (κ1) is 17.9. The number of hydrogen-bond donors (Lipinski definition) is 2. The van der Waals surface area contributed by atoms with Gasteiger partial charge >= 0.3 is 6.18 Å². The Morgan fingerprint density at radius 1 is 1.30 bits per heavy atom. The molecule has 130 valence electrons. The summed E-state index contributed by atoms with van der Waals surface area (Å²) in [5.74, 6) is 0.0446. The van der Waals surface area contributed by atoms with E-state index in [0.717, 1.165) is 0 Å². The van der Waals surface area contributed by atoms with Crippen molar-refractivity contribution in [2.75, 3.05) is 19.7 Å². The highest BCUT2D eigenvalue weighted by Crippen LogP contribution is 2.32. The van der Waals surface area contributed by atoms with Crippen LogP contribution in [0.25, 0.3) is 0 Å². The van der Waals surface area contributed by atoms with Gasteiger partial charge in [-0.15, -0.1) is 0 Å². The molecule has 1 unspecified atom stereocenters. The van der Waals surface area contributed by atoms with Crippen LogP contribution in [-0.2, 0) is 6.54 Å². The number of phenols is 1. The van der Waals surface area contributed by atoms with E-state index in [1.54, 1.807) is 18.2 Å². The van der Waals surface area contributed by atoms with Crippen LogP contribution in [0.5, 0.6) is 11.5 Å². The molecular weight excluding hydrogens is 311 g/mol. The fourth-order valence-corrected chi connectivity index (χ4v) is 2.88. The zero-order valence-corrected chi connectivity index (χ0v) is 13.0. The number of alkyl halides is 3. The summed E-state index contributed by atoms with van der Waals surface area (Å²) in [6, 6.07) is 4.98. The van der Waals surface area contributed by atoms with Crippen molar-refractivity contribution < 1.29 is 28.1 Å². The minimum Gasteiger partial charge on any atom is -0.508 e. The van der Waals surface area contributed by atoms with Crippen LogP contribution >= 0.6 is 0 Å². The van der Waals surface area contributed by atoms with Gasteiger partial charge in [-0.05, 0) is 57.0 Å². The molecule has 0 bridgehead atoms. The van der Waals surface area contributed by atoms with E-state index in [9.17, 15) is 23.4 Å². The predicted octanol–water partition coefficient (Wildman–Crippen LogP) is 2.93. The lowest BCUT2D eigenvalue weighted by Gasteiger charge is -2.34. The fraction of sp³-hybridized carbons (Fsp3) is 0.625. The maximum absolute atomic E-state index is 12.5. The standard InChI is InChI=1S/C16H22F3NO3/c1-2-23-13-3-4-14(21)12(9-13)10-20-7-5-11(6-8-20)15(22)16(17,18)19/h3-4,9,11,15,21-22H,2,5-8,10H2,1H3. The van der Waals surface area contributed by atoms with Crippen LogP contribution in [-0.4, -0.2) is 47.1 Å². The van der Waals surface area contributed by atoms with Crippen LogP contribution in [0.3, 0.4) is 0 Å². The number of benzene rings is 1. The Bertz CT molecular complexity index is 514. The third-order valence-corrected chi connectivity index (χ3v) is 4.17. The SMILES string of the molecule is CCOc1ccc(O)c(CN2CCC(C(O)C(F)(F)F)CC2)c1. The lowest BCUT2D eigenvalue weighted by atomic mass is 9.90. The molecule has 0 radical (unpaired) electrons. The molecular formula is C16H22F3NO3. The number of aromatic hydroxyl groups is 1. The van der Waals surface area contributed by atoms with Gasteiger partial charge < -0.3 is 14.9 Å². The average Bonchev–Trinajstić information content (AvgIpc) is 2.50. The summed E-state index contributed by atoms with van der Waals surface area (Å²) in [5.41, 5.74) is 0.686. The van der Waals surface area contributed by atoms with Crippen LogP contribution in [0.15, 0.2) is 18.2 Å². The molecule has 0 aromatic heterocycles. The Hall–Kier alpha value is -1.47. The Morgan fingerprint density at radius 3 is 2.52 bits per heavy atom. The maximum atomic E-state index is 12.5. The van der Waals surface area contributed by atoms with Gasteiger partial charge in [-0.25, -0.2) is 0 Å². The van der Waals surface area contributed by atoms with E-state index in [1.165, 1.54) is 0 Å². The Morgan fingerprint density at radius 2 is 1.96 bits per heavy atom. The second-order valence-electron chi connectivity index (χ2n) is 5.82. The number of rotatable bonds is 5. The maximum Gasteiger partial charge on any atom is 0.414 e. The molecule has 1 aliphatic heterocycles. The lowest BCUT2D eigenvalue weighted by molar-refractivity contribution is -0.223. The van der Waals surface area contributed by atoms with Gasteiger partial charge in [0.05, 0.1) is 6.61 Å². The van der Waals surface area contributed by atoms with Crippen LogP contribution in [0.1, 0.15) is 25.3 Å². The van der Waals surface area contributed by atoms with Gasteiger partial charge in [-0.1, -0.05) is 0 Å². The molecule has 1 aliphatic rings. The van der Waals surface area contributed by atoms with Gasteiger partial charge in [0.25, 0.3) is 0 Å². The minimum atomic E-state index is -4.56.